The van der Waals surface area contributed by atoms with Crippen molar-refractivity contribution in [3.8, 4) is 0 Å². The summed E-state index contributed by atoms with van der Waals surface area (Å²) in [4.78, 5) is 0.901. The topological polar surface area (TPSA) is 58.2 Å². The lowest BCUT2D eigenvalue weighted by molar-refractivity contribution is 0.600. The molecule has 0 atom stereocenters. The van der Waals surface area contributed by atoms with E-state index < -0.39 is 15.8 Å². The molecule has 4 nitrogen and oxygen atoms in total. The quantitative estimate of drug-likeness (QED) is 0.892. The molecule has 0 aliphatic rings. The van der Waals surface area contributed by atoms with Crippen molar-refractivity contribution in [2.45, 2.75) is 17.7 Å². The van der Waals surface area contributed by atoms with Crippen LogP contribution < -0.4 is 10.0 Å². The molecule has 1 aromatic carbocycles. The lowest BCUT2D eigenvalue weighted by Gasteiger charge is -2.08. The van der Waals surface area contributed by atoms with Crippen molar-refractivity contribution >= 4 is 27.0 Å². The van der Waals surface area contributed by atoms with Crippen LogP contribution in [-0.4, -0.2) is 15.5 Å². The van der Waals surface area contributed by atoms with Gasteiger partial charge in [0.1, 0.15) is 10.0 Å². The summed E-state index contributed by atoms with van der Waals surface area (Å²) in [6, 6.07) is 7.56. The van der Waals surface area contributed by atoms with Crippen LogP contribution >= 0.6 is 11.3 Å². The van der Waals surface area contributed by atoms with Gasteiger partial charge in [0, 0.05) is 11.4 Å². The molecule has 0 saturated carbocycles. The molecule has 0 aliphatic heterocycles. The van der Waals surface area contributed by atoms with Crippen LogP contribution in [0, 0.1) is 12.7 Å². The molecule has 0 unspecified atom stereocenters. The van der Waals surface area contributed by atoms with Gasteiger partial charge in [-0.2, -0.15) is 0 Å². The number of aryl methyl sites for hydroxylation is 1. The van der Waals surface area contributed by atoms with Crippen molar-refractivity contribution in [3.63, 3.8) is 0 Å². The van der Waals surface area contributed by atoms with E-state index in [9.17, 15) is 12.8 Å². The summed E-state index contributed by atoms with van der Waals surface area (Å²) < 4.78 is 40.5. The number of benzene rings is 1. The first kappa shape index (κ1) is 15.0. The highest BCUT2D eigenvalue weighted by Gasteiger charge is 2.18. The van der Waals surface area contributed by atoms with Crippen molar-refractivity contribution in [1.29, 1.82) is 0 Å². The van der Waals surface area contributed by atoms with Crippen LogP contribution in [0.25, 0.3) is 0 Å². The molecule has 0 saturated heterocycles. The van der Waals surface area contributed by atoms with E-state index in [0.29, 0.717) is 6.54 Å². The van der Waals surface area contributed by atoms with E-state index in [1.54, 1.807) is 26.1 Å². The third-order valence-electron chi connectivity index (χ3n) is 2.62. The Labute approximate surface area is 121 Å². The number of thiophene rings is 1. The van der Waals surface area contributed by atoms with Crippen LogP contribution in [-0.2, 0) is 16.6 Å². The maximum absolute atomic E-state index is 13.6. The lowest BCUT2D eigenvalue weighted by atomic mass is 10.2. The summed E-state index contributed by atoms with van der Waals surface area (Å²) in [7, 11) is -1.96. The van der Waals surface area contributed by atoms with Gasteiger partial charge < -0.3 is 5.32 Å². The first-order chi connectivity index (χ1) is 9.42. The average molecular weight is 314 g/mol. The Balaban J connectivity index is 2.28. The second kappa shape index (κ2) is 5.90. The van der Waals surface area contributed by atoms with Crippen molar-refractivity contribution < 1.29 is 12.8 Å². The van der Waals surface area contributed by atoms with Crippen LogP contribution in [0.3, 0.4) is 0 Å². The summed E-state index contributed by atoms with van der Waals surface area (Å²) in [5.74, 6) is -0.592. The molecule has 0 amide bonds. The Morgan fingerprint density at radius 1 is 1.25 bits per heavy atom. The van der Waals surface area contributed by atoms with Gasteiger partial charge in [-0.05, 0) is 43.8 Å². The smallest absolute Gasteiger partial charge is 0.271 e. The van der Waals surface area contributed by atoms with E-state index in [1.165, 1.54) is 18.2 Å². The van der Waals surface area contributed by atoms with Gasteiger partial charge in [-0.1, -0.05) is 6.07 Å². The van der Waals surface area contributed by atoms with E-state index >= 15 is 0 Å². The Kier molecular flexibility index (Phi) is 4.42. The van der Waals surface area contributed by atoms with E-state index in [2.05, 4.69) is 10.0 Å². The molecule has 7 heteroatoms. The van der Waals surface area contributed by atoms with Crippen molar-refractivity contribution in [3.05, 3.63) is 46.6 Å². The average Bonchev–Trinajstić information content (AvgIpc) is 2.83. The molecule has 108 valence electrons. The van der Waals surface area contributed by atoms with Crippen molar-refractivity contribution in [1.82, 2.24) is 5.32 Å². The molecule has 2 aromatic rings. The van der Waals surface area contributed by atoms with Crippen LogP contribution in [0.5, 0.6) is 0 Å². The molecule has 2 N–H and O–H groups in total. The molecule has 1 aromatic heterocycles. The number of anilines is 1. The van der Waals surface area contributed by atoms with Crippen LogP contribution in [0.15, 0.2) is 34.5 Å². The number of nitrogens with one attached hydrogen (secondary N) is 2. The molecule has 1 heterocycles. The number of hydrogen-bond acceptors (Lipinski definition) is 4. The van der Waals surface area contributed by atoms with Crippen LogP contribution in [0.4, 0.5) is 10.1 Å². The Morgan fingerprint density at radius 3 is 2.70 bits per heavy atom. The Hall–Kier alpha value is -1.44. The fraction of sp³-hybridized carbons (Fsp3) is 0.231. The molecular weight excluding hydrogens is 299 g/mol. The Bertz CT molecular complexity index is 711. The minimum Gasteiger partial charge on any atom is -0.315 e. The second-order valence-electron chi connectivity index (χ2n) is 4.34. The Morgan fingerprint density at radius 2 is 2.00 bits per heavy atom. The molecular formula is C13H15FN2O2S2. The van der Waals surface area contributed by atoms with E-state index in [-0.39, 0.29) is 9.90 Å². The first-order valence-corrected chi connectivity index (χ1v) is 8.24. The fourth-order valence-electron chi connectivity index (χ4n) is 1.68. The molecule has 0 radical (unpaired) electrons. The molecule has 20 heavy (non-hydrogen) atoms. The molecule has 0 fully saturated rings. The zero-order valence-electron chi connectivity index (χ0n) is 11.1. The molecule has 0 spiro atoms. The van der Waals surface area contributed by atoms with Gasteiger partial charge in [0.15, 0.2) is 0 Å². The van der Waals surface area contributed by atoms with Gasteiger partial charge in [-0.3, -0.25) is 4.72 Å². The van der Waals surface area contributed by atoms with Crippen LogP contribution in [0.2, 0.25) is 0 Å². The van der Waals surface area contributed by atoms with Gasteiger partial charge in [0.05, 0.1) is 5.69 Å². The summed E-state index contributed by atoms with van der Waals surface area (Å²) in [5, 5.41) is 2.95. The van der Waals surface area contributed by atoms with Gasteiger partial charge in [0.25, 0.3) is 10.0 Å². The summed E-state index contributed by atoms with van der Waals surface area (Å²) in [6.45, 7) is 2.37. The summed E-state index contributed by atoms with van der Waals surface area (Å²) >= 11 is 1.16. The van der Waals surface area contributed by atoms with E-state index in [1.807, 2.05) is 0 Å². The van der Waals surface area contributed by atoms with Gasteiger partial charge in [0.2, 0.25) is 0 Å². The third kappa shape index (κ3) is 3.36. The summed E-state index contributed by atoms with van der Waals surface area (Å²) in [6.07, 6.45) is 0. The van der Waals surface area contributed by atoms with Gasteiger partial charge in [-0.25, -0.2) is 12.8 Å². The fourth-order valence-corrected chi connectivity index (χ4v) is 4.11. The van der Waals surface area contributed by atoms with Gasteiger partial charge >= 0.3 is 0 Å². The van der Waals surface area contributed by atoms with Gasteiger partial charge in [-0.15, -0.1) is 11.3 Å². The molecule has 0 bridgehead atoms. The standard InChI is InChI=1S/C13H15FN2O2S2/c1-9-3-5-11(14)12(7-9)16-20(17,18)13-6-4-10(19-13)8-15-2/h3-7,15-16H,8H2,1-2H3. The van der Waals surface area contributed by atoms with Crippen molar-refractivity contribution in [2.75, 3.05) is 11.8 Å². The first-order valence-electron chi connectivity index (χ1n) is 5.94. The molecule has 0 aliphatic carbocycles. The van der Waals surface area contributed by atoms with Crippen molar-refractivity contribution in [2.24, 2.45) is 0 Å². The van der Waals surface area contributed by atoms with E-state index in [4.69, 9.17) is 0 Å². The summed E-state index contributed by atoms with van der Waals surface area (Å²) in [5.41, 5.74) is 0.750. The monoisotopic (exact) mass is 314 g/mol. The highest BCUT2D eigenvalue weighted by molar-refractivity contribution is 7.94. The zero-order valence-corrected chi connectivity index (χ0v) is 12.7. The highest BCUT2D eigenvalue weighted by Crippen LogP contribution is 2.25. The maximum Gasteiger partial charge on any atom is 0.271 e. The second-order valence-corrected chi connectivity index (χ2v) is 7.42. The number of halogens is 1. The predicted molar refractivity (Wildman–Crippen MR) is 79.0 cm³/mol. The van der Waals surface area contributed by atoms with E-state index in [0.717, 1.165) is 21.8 Å². The SMILES string of the molecule is CNCc1ccc(S(=O)(=O)Nc2cc(C)ccc2F)s1. The highest BCUT2D eigenvalue weighted by atomic mass is 32.2. The number of hydrogen-bond donors (Lipinski definition) is 2. The third-order valence-corrected chi connectivity index (χ3v) is 5.56. The molecule has 2 rings (SSSR count). The minimum atomic E-state index is -3.75. The normalized spacial score (nSPS) is 11.6. The van der Waals surface area contributed by atoms with Crippen LogP contribution in [0.1, 0.15) is 10.4 Å². The largest absolute Gasteiger partial charge is 0.315 e. The minimum absolute atomic E-state index is 0.0337. The number of rotatable bonds is 5. The zero-order chi connectivity index (χ0) is 14.8. The maximum atomic E-state index is 13.6. The number of sulfonamides is 1. The lowest BCUT2D eigenvalue weighted by Crippen LogP contribution is -2.12. The predicted octanol–water partition coefficient (Wildman–Crippen LogP) is 2.72.